The van der Waals surface area contributed by atoms with Gasteiger partial charge in [0.1, 0.15) is 11.8 Å². The zero-order chi connectivity index (χ0) is 17.8. The summed E-state index contributed by atoms with van der Waals surface area (Å²) in [6.45, 7) is 7.51. The molecular weight excluding hydrogens is 322 g/mol. The number of hydrogen-bond donors (Lipinski definition) is 0. The van der Waals surface area contributed by atoms with Crippen LogP contribution in [0, 0.1) is 6.92 Å². The number of carbonyl (C=O) groups excluding carboxylic acids is 1. The Kier molecular flexibility index (Phi) is 5.33. The van der Waals surface area contributed by atoms with Gasteiger partial charge in [0.05, 0.1) is 13.2 Å². The van der Waals surface area contributed by atoms with Gasteiger partial charge in [-0.2, -0.15) is 4.98 Å². The average molecular weight is 345 g/mol. The van der Waals surface area contributed by atoms with Crippen LogP contribution in [-0.4, -0.2) is 47.3 Å². The van der Waals surface area contributed by atoms with E-state index in [2.05, 4.69) is 36.1 Å². The lowest BCUT2D eigenvalue weighted by atomic mass is 10.0. The van der Waals surface area contributed by atoms with Crippen LogP contribution in [0.4, 0.5) is 0 Å². The molecule has 1 fully saturated rings. The highest BCUT2D eigenvalue weighted by Gasteiger charge is 2.31. The SMILES string of the molecule is Cc1ccc(C(C)C)c(OCC(=O)N2CCOC[C@H]2c2ncon2)c1. The molecule has 2 aromatic rings. The van der Waals surface area contributed by atoms with Gasteiger partial charge in [-0.15, -0.1) is 0 Å². The van der Waals surface area contributed by atoms with Crippen LogP contribution in [0.3, 0.4) is 0 Å². The van der Waals surface area contributed by atoms with Crippen LogP contribution in [0.15, 0.2) is 29.1 Å². The summed E-state index contributed by atoms with van der Waals surface area (Å²) in [6, 6.07) is 5.73. The summed E-state index contributed by atoms with van der Waals surface area (Å²) in [4.78, 5) is 18.4. The molecule has 1 aromatic heterocycles. The third-order valence-electron chi connectivity index (χ3n) is 4.27. The van der Waals surface area contributed by atoms with Crippen molar-refractivity contribution < 1.29 is 18.8 Å². The van der Waals surface area contributed by atoms with Crippen LogP contribution >= 0.6 is 0 Å². The Morgan fingerprint density at radius 1 is 1.44 bits per heavy atom. The molecule has 0 saturated carbocycles. The van der Waals surface area contributed by atoms with E-state index in [1.54, 1.807) is 4.90 Å². The highest BCUT2D eigenvalue weighted by Crippen LogP contribution is 2.28. The van der Waals surface area contributed by atoms with Gasteiger partial charge in [0.15, 0.2) is 12.4 Å². The minimum atomic E-state index is -0.342. The van der Waals surface area contributed by atoms with Gasteiger partial charge in [-0.05, 0) is 30.0 Å². The molecular formula is C18H23N3O4. The van der Waals surface area contributed by atoms with Crippen molar-refractivity contribution in [2.24, 2.45) is 0 Å². The number of nitrogens with zero attached hydrogens (tertiary/aromatic N) is 3. The molecule has 0 aliphatic carbocycles. The van der Waals surface area contributed by atoms with Crippen molar-refractivity contribution >= 4 is 5.91 Å². The van der Waals surface area contributed by atoms with E-state index in [9.17, 15) is 4.79 Å². The predicted octanol–water partition coefficient (Wildman–Crippen LogP) is 2.48. The topological polar surface area (TPSA) is 77.7 Å². The van der Waals surface area contributed by atoms with Gasteiger partial charge in [0.25, 0.3) is 5.91 Å². The Morgan fingerprint density at radius 3 is 3.00 bits per heavy atom. The molecule has 134 valence electrons. The van der Waals surface area contributed by atoms with Crippen molar-refractivity contribution in [2.75, 3.05) is 26.4 Å². The Balaban J connectivity index is 1.70. The molecule has 1 aliphatic heterocycles. The summed E-state index contributed by atoms with van der Waals surface area (Å²) < 4.78 is 16.1. The van der Waals surface area contributed by atoms with Gasteiger partial charge >= 0.3 is 0 Å². The lowest BCUT2D eigenvalue weighted by molar-refractivity contribution is -0.142. The summed E-state index contributed by atoms with van der Waals surface area (Å²) in [5.74, 6) is 1.41. The first-order valence-corrected chi connectivity index (χ1v) is 8.43. The largest absolute Gasteiger partial charge is 0.483 e. The summed E-state index contributed by atoms with van der Waals surface area (Å²) in [6.07, 6.45) is 1.25. The standard InChI is InChI=1S/C18H23N3O4/c1-12(2)14-5-4-13(3)8-16(14)24-10-17(22)21-6-7-23-9-15(21)18-19-11-25-20-18/h4-5,8,11-12,15H,6-7,9-10H2,1-3H3/t15-/m0/s1. The van der Waals surface area contributed by atoms with Crippen LogP contribution < -0.4 is 4.74 Å². The van der Waals surface area contributed by atoms with Crippen molar-refractivity contribution in [3.8, 4) is 5.75 Å². The average Bonchev–Trinajstić information content (AvgIpc) is 3.14. The molecule has 25 heavy (non-hydrogen) atoms. The fourth-order valence-electron chi connectivity index (χ4n) is 2.91. The maximum absolute atomic E-state index is 12.7. The van der Waals surface area contributed by atoms with Gasteiger partial charge in [-0.3, -0.25) is 4.79 Å². The van der Waals surface area contributed by atoms with Crippen molar-refractivity contribution in [2.45, 2.75) is 32.7 Å². The zero-order valence-corrected chi connectivity index (χ0v) is 14.8. The van der Waals surface area contributed by atoms with Crippen molar-refractivity contribution in [3.05, 3.63) is 41.5 Å². The summed E-state index contributed by atoms with van der Waals surface area (Å²) in [7, 11) is 0. The number of ether oxygens (including phenoxy) is 2. The Hall–Kier alpha value is -2.41. The van der Waals surface area contributed by atoms with Gasteiger partial charge in [-0.25, -0.2) is 0 Å². The number of benzene rings is 1. The molecule has 0 spiro atoms. The van der Waals surface area contributed by atoms with E-state index in [0.717, 1.165) is 16.9 Å². The van der Waals surface area contributed by atoms with E-state index in [1.807, 2.05) is 13.0 Å². The minimum Gasteiger partial charge on any atom is -0.483 e. The summed E-state index contributed by atoms with van der Waals surface area (Å²) >= 11 is 0. The molecule has 0 bridgehead atoms. The molecule has 1 atom stereocenters. The predicted molar refractivity (Wildman–Crippen MR) is 90.3 cm³/mol. The van der Waals surface area contributed by atoms with E-state index < -0.39 is 0 Å². The third kappa shape index (κ3) is 3.99. The van der Waals surface area contributed by atoms with Gasteiger partial charge < -0.3 is 18.9 Å². The second-order valence-corrected chi connectivity index (χ2v) is 6.45. The van der Waals surface area contributed by atoms with Crippen molar-refractivity contribution in [3.63, 3.8) is 0 Å². The maximum atomic E-state index is 12.7. The molecule has 0 radical (unpaired) electrons. The first-order chi connectivity index (χ1) is 12.1. The van der Waals surface area contributed by atoms with E-state index in [1.165, 1.54) is 6.39 Å². The van der Waals surface area contributed by atoms with Gasteiger partial charge in [-0.1, -0.05) is 31.1 Å². The van der Waals surface area contributed by atoms with Crippen molar-refractivity contribution in [1.29, 1.82) is 0 Å². The monoisotopic (exact) mass is 345 g/mol. The smallest absolute Gasteiger partial charge is 0.261 e. The van der Waals surface area contributed by atoms with E-state index in [4.69, 9.17) is 14.0 Å². The lowest BCUT2D eigenvalue weighted by Crippen LogP contribution is -2.45. The molecule has 0 unspecified atom stereocenters. The first-order valence-electron chi connectivity index (χ1n) is 8.43. The highest BCUT2D eigenvalue weighted by atomic mass is 16.5. The molecule has 1 aliphatic rings. The first kappa shape index (κ1) is 17.4. The highest BCUT2D eigenvalue weighted by molar-refractivity contribution is 5.78. The second kappa shape index (κ2) is 7.65. The summed E-state index contributed by atoms with van der Waals surface area (Å²) in [5, 5.41) is 3.84. The molecule has 1 saturated heterocycles. The summed E-state index contributed by atoms with van der Waals surface area (Å²) in [5.41, 5.74) is 2.19. The Labute approximate surface area is 146 Å². The normalized spacial score (nSPS) is 17.8. The number of morpholine rings is 1. The maximum Gasteiger partial charge on any atom is 0.261 e. The molecule has 7 heteroatoms. The molecule has 0 N–H and O–H groups in total. The third-order valence-corrected chi connectivity index (χ3v) is 4.27. The van der Waals surface area contributed by atoms with Crippen LogP contribution in [0.5, 0.6) is 5.75 Å². The number of carbonyl (C=O) groups is 1. The molecule has 1 amide bonds. The fourth-order valence-corrected chi connectivity index (χ4v) is 2.91. The quantitative estimate of drug-likeness (QED) is 0.828. The van der Waals surface area contributed by atoms with Gasteiger partial charge in [0.2, 0.25) is 6.39 Å². The molecule has 3 rings (SSSR count). The second-order valence-electron chi connectivity index (χ2n) is 6.45. The number of rotatable bonds is 5. The number of aromatic nitrogens is 2. The van der Waals surface area contributed by atoms with Crippen LogP contribution in [0.1, 0.15) is 42.8 Å². The number of amides is 1. The lowest BCUT2D eigenvalue weighted by Gasteiger charge is -2.33. The molecule has 7 nitrogen and oxygen atoms in total. The number of aryl methyl sites for hydroxylation is 1. The Bertz CT molecular complexity index is 715. The molecule has 2 heterocycles. The number of hydrogen-bond acceptors (Lipinski definition) is 6. The molecule has 1 aromatic carbocycles. The van der Waals surface area contributed by atoms with Gasteiger partial charge in [0, 0.05) is 6.54 Å². The van der Waals surface area contributed by atoms with Crippen molar-refractivity contribution in [1.82, 2.24) is 15.0 Å². The van der Waals surface area contributed by atoms with Crippen LogP contribution in [-0.2, 0) is 9.53 Å². The fraction of sp³-hybridized carbons (Fsp3) is 0.500. The van der Waals surface area contributed by atoms with E-state index in [0.29, 0.717) is 31.5 Å². The zero-order valence-electron chi connectivity index (χ0n) is 14.8. The van der Waals surface area contributed by atoms with E-state index in [-0.39, 0.29) is 18.6 Å². The Morgan fingerprint density at radius 2 is 2.28 bits per heavy atom. The van der Waals surface area contributed by atoms with Crippen LogP contribution in [0.2, 0.25) is 0 Å². The minimum absolute atomic E-state index is 0.0302. The van der Waals surface area contributed by atoms with Crippen LogP contribution in [0.25, 0.3) is 0 Å². The van der Waals surface area contributed by atoms with E-state index >= 15 is 0 Å².